The van der Waals surface area contributed by atoms with Gasteiger partial charge in [0.25, 0.3) is 0 Å². The zero-order valence-electron chi connectivity index (χ0n) is 12.9. The predicted octanol–water partition coefficient (Wildman–Crippen LogP) is 5.68. The largest absolute Gasteiger partial charge is 0.355 e. The summed E-state index contributed by atoms with van der Waals surface area (Å²) in [7, 11) is 0. The first-order valence-electron chi connectivity index (χ1n) is 7.62. The van der Waals surface area contributed by atoms with Crippen LogP contribution in [0.2, 0.25) is 5.02 Å². The summed E-state index contributed by atoms with van der Waals surface area (Å²) in [5.41, 5.74) is 3.07. The lowest BCUT2D eigenvalue weighted by Gasteiger charge is -2.12. The fraction of sp³-hybridized carbons (Fsp3) is 0. The molecule has 118 valence electrons. The van der Waals surface area contributed by atoms with Crippen molar-refractivity contribution < 1.29 is 4.79 Å². The number of carbonyl (C=O) groups is 1. The van der Waals surface area contributed by atoms with E-state index in [2.05, 4.69) is 5.32 Å². The molecule has 2 nitrogen and oxygen atoms in total. The summed E-state index contributed by atoms with van der Waals surface area (Å²) in [6.07, 6.45) is 1.59. The van der Waals surface area contributed by atoms with E-state index >= 15 is 0 Å². The normalized spacial score (nSPS) is 11.1. The fourth-order valence-corrected chi connectivity index (χ4v) is 2.59. The topological polar surface area (TPSA) is 29.1 Å². The van der Waals surface area contributed by atoms with Crippen molar-refractivity contribution in [3.05, 3.63) is 107 Å². The molecule has 3 aromatic carbocycles. The Balaban J connectivity index is 1.98. The van der Waals surface area contributed by atoms with Crippen molar-refractivity contribution in [1.82, 2.24) is 0 Å². The van der Waals surface area contributed by atoms with Gasteiger partial charge in [-0.3, -0.25) is 4.79 Å². The molecular weight excluding hydrogens is 318 g/mol. The van der Waals surface area contributed by atoms with Gasteiger partial charge in [-0.25, -0.2) is 0 Å². The Kier molecular flexibility index (Phi) is 5.09. The third kappa shape index (κ3) is 3.92. The molecule has 0 spiro atoms. The lowest BCUT2D eigenvalue weighted by Crippen LogP contribution is -2.04. The van der Waals surface area contributed by atoms with Crippen LogP contribution in [0.5, 0.6) is 0 Å². The van der Waals surface area contributed by atoms with Gasteiger partial charge in [-0.1, -0.05) is 72.3 Å². The summed E-state index contributed by atoms with van der Waals surface area (Å²) in [5.74, 6) is -0.136. The Bertz CT molecular complexity index is 857. The Morgan fingerprint density at radius 1 is 0.792 bits per heavy atom. The van der Waals surface area contributed by atoms with Gasteiger partial charge in [-0.2, -0.15) is 0 Å². The van der Waals surface area contributed by atoms with Crippen LogP contribution in [0.1, 0.15) is 15.9 Å². The van der Waals surface area contributed by atoms with Crippen LogP contribution in [0.15, 0.2) is 91.0 Å². The Morgan fingerprint density at radius 2 is 1.38 bits per heavy atom. The van der Waals surface area contributed by atoms with Gasteiger partial charge >= 0.3 is 0 Å². The van der Waals surface area contributed by atoms with Crippen LogP contribution in [0, 0.1) is 0 Å². The van der Waals surface area contributed by atoms with E-state index in [9.17, 15) is 4.79 Å². The fourth-order valence-electron chi connectivity index (χ4n) is 2.36. The van der Waals surface area contributed by atoms with Gasteiger partial charge in [-0.15, -0.1) is 0 Å². The minimum Gasteiger partial charge on any atom is -0.355 e. The minimum atomic E-state index is -0.136. The van der Waals surface area contributed by atoms with Crippen LogP contribution in [0.25, 0.3) is 5.70 Å². The molecule has 0 aromatic heterocycles. The predicted molar refractivity (Wildman–Crippen MR) is 100 cm³/mol. The second-order valence-electron chi connectivity index (χ2n) is 5.26. The number of anilines is 1. The SMILES string of the molecule is O=C(/C=C(/Nc1ccccc1)c1ccccc1)c1ccccc1Cl. The van der Waals surface area contributed by atoms with E-state index in [0.29, 0.717) is 10.6 Å². The zero-order chi connectivity index (χ0) is 16.8. The van der Waals surface area contributed by atoms with Gasteiger partial charge in [0, 0.05) is 23.0 Å². The first kappa shape index (κ1) is 16.0. The number of para-hydroxylation sites is 1. The number of carbonyl (C=O) groups excluding carboxylic acids is 1. The molecular formula is C21H16ClNO. The molecule has 0 saturated heterocycles. The number of rotatable bonds is 5. The second-order valence-corrected chi connectivity index (χ2v) is 5.67. The van der Waals surface area contributed by atoms with Crippen molar-refractivity contribution in [2.45, 2.75) is 0 Å². The Hall–Kier alpha value is -2.84. The molecule has 0 amide bonds. The van der Waals surface area contributed by atoms with E-state index < -0.39 is 0 Å². The maximum Gasteiger partial charge on any atom is 0.189 e. The van der Waals surface area contributed by atoms with E-state index in [-0.39, 0.29) is 5.78 Å². The molecule has 0 heterocycles. The minimum absolute atomic E-state index is 0.136. The summed E-state index contributed by atoms with van der Waals surface area (Å²) < 4.78 is 0. The first-order chi connectivity index (χ1) is 11.7. The van der Waals surface area contributed by atoms with Crippen molar-refractivity contribution in [1.29, 1.82) is 0 Å². The monoisotopic (exact) mass is 333 g/mol. The van der Waals surface area contributed by atoms with E-state index in [1.807, 2.05) is 66.7 Å². The zero-order valence-corrected chi connectivity index (χ0v) is 13.7. The number of hydrogen-bond acceptors (Lipinski definition) is 2. The van der Waals surface area contributed by atoms with Crippen molar-refractivity contribution in [3.8, 4) is 0 Å². The highest BCUT2D eigenvalue weighted by molar-refractivity contribution is 6.34. The molecule has 0 aliphatic carbocycles. The van der Waals surface area contributed by atoms with Crippen molar-refractivity contribution in [2.24, 2.45) is 0 Å². The summed E-state index contributed by atoms with van der Waals surface area (Å²) in [6.45, 7) is 0. The van der Waals surface area contributed by atoms with Crippen LogP contribution >= 0.6 is 11.6 Å². The highest BCUT2D eigenvalue weighted by Gasteiger charge is 2.10. The molecule has 3 rings (SSSR count). The Labute approximate surface area is 146 Å². The molecule has 3 heteroatoms. The number of ketones is 1. The van der Waals surface area contributed by atoms with Gasteiger partial charge in [0.2, 0.25) is 0 Å². The van der Waals surface area contributed by atoms with Gasteiger partial charge in [-0.05, 0) is 29.8 Å². The maximum absolute atomic E-state index is 12.6. The van der Waals surface area contributed by atoms with E-state index in [1.54, 1.807) is 24.3 Å². The first-order valence-corrected chi connectivity index (χ1v) is 8.00. The maximum atomic E-state index is 12.6. The van der Waals surface area contributed by atoms with E-state index in [1.165, 1.54) is 0 Å². The Morgan fingerprint density at radius 3 is 2.04 bits per heavy atom. The third-order valence-electron chi connectivity index (χ3n) is 3.55. The van der Waals surface area contributed by atoms with Crippen molar-refractivity contribution in [2.75, 3.05) is 5.32 Å². The lowest BCUT2D eigenvalue weighted by molar-refractivity contribution is 0.104. The van der Waals surface area contributed by atoms with Crippen LogP contribution in [0.4, 0.5) is 5.69 Å². The van der Waals surface area contributed by atoms with Crippen LogP contribution < -0.4 is 5.32 Å². The van der Waals surface area contributed by atoms with Gasteiger partial charge in [0.05, 0.1) is 5.02 Å². The van der Waals surface area contributed by atoms with Crippen LogP contribution in [-0.2, 0) is 0 Å². The molecule has 1 N–H and O–H groups in total. The standard InChI is InChI=1S/C21H16ClNO/c22-19-14-8-7-13-18(19)21(24)15-20(16-9-3-1-4-10-16)23-17-11-5-2-6-12-17/h1-15,23H/b20-15+. The quantitative estimate of drug-likeness (QED) is 0.481. The number of hydrogen-bond donors (Lipinski definition) is 1. The number of halogens is 1. The summed E-state index contributed by atoms with van der Waals surface area (Å²) in [5, 5.41) is 3.76. The van der Waals surface area contributed by atoms with E-state index in [0.717, 1.165) is 16.9 Å². The molecule has 0 aliphatic rings. The highest BCUT2D eigenvalue weighted by Crippen LogP contribution is 2.21. The van der Waals surface area contributed by atoms with Crippen molar-refractivity contribution in [3.63, 3.8) is 0 Å². The lowest BCUT2D eigenvalue weighted by atomic mass is 10.1. The average molecular weight is 334 g/mol. The average Bonchev–Trinajstić information content (AvgIpc) is 2.63. The molecule has 0 radical (unpaired) electrons. The summed E-state index contributed by atoms with van der Waals surface area (Å²) >= 11 is 6.14. The second kappa shape index (κ2) is 7.62. The third-order valence-corrected chi connectivity index (χ3v) is 3.88. The summed E-state index contributed by atoms with van der Waals surface area (Å²) in [4.78, 5) is 12.6. The smallest absolute Gasteiger partial charge is 0.189 e. The molecule has 3 aromatic rings. The van der Waals surface area contributed by atoms with Gasteiger partial charge in [0.15, 0.2) is 5.78 Å². The molecule has 0 bridgehead atoms. The number of nitrogens with one attached hydrogen (secondary N) is 1. The number of allylic oxidation sites excluding steroid dienone is 1. The molecule has 24 heavy (non-hydrogen) atoms. The summed E-state index contributed by atoms with van der Waals surface area (Å²) in [6, 6.07) is 26.6. The molecule has 0 unspecified atom stereocenters. The van der Waals surface area contributed by atoms with Crippen molar-refractivity contribution >= 4 is 28.8 Å². The van der Waals surface area contributed by atoms with Crippen LogP contribution in [0.3, 0.4) is 0 Å². The molecule has 0 aliphatic heterocycles. The molecule has 0 saturated carbocycles. The van der Waals surface area contributed by atoms with E-state index in [4.69, 9.17) is 11.6 Å². The van der Waals surface area contributed by atoms with Gasteiger partial charge in [0.1, 0.15) is 0 Å². The van der Waals surface area contributed by atoms with Crippen LogP contribution in [-0.4, -0.2) is 5.78 Å². The number of benzene rings is 3. The molecule has 0 fully saturated rings. The highest BCUT2D eigenvalue weighted by atomic mass is 35.5. The molecule has 0 atom stereocenters. The van der Waals surface area contributed by atoms with Gasteiger partial charge < -0.3 is 5.32 Å².